The molecule has 2 atom stereocenters. The van der Waals surface area contributed by atoms with E-state index in [1.807, 2.05) is 24.3 Å². The molecule has 0 radical (unpaired) electrons. The number of unbranched alkanes of at least 4 members (excludes halogenated alkanes) is 15. The van der Waals surface area contributed by atoms with E-state index < -0.39 is 18.1 Å². The molecule has 0 unspecified atom stereocenters. The van der Waals surface area contributed by atoms with E-state index in [2.05, 4.69) is 22.5 Å². The quantitative estimate of drug-likeness (QED) is 0.135. The van der Waals surface area contributed by atoms with Crippen LogP contribution in [0.5, 0.6) is 0 Å². The van der Waals surface area contributed by atoms with E-state index in [9.17, 15) is 14.7 Å². The molecular formula is C31H51N3O3. The Hall–Kier alpha value is -2.34. The fraction of sp³-hybridized carbons (Fsp3) is 0.677. The number of benzene rings is 1. The molecule has 0 fully saturated rings. The van der Waals surface area contributed by atoms with Gasteiger partial charge in [-0.15, -0.1) is 0 Å². The standard InChI is InChI=1S/C31H51N3O3/c1-3-4-5-6-7-8-9-10-11-12-13-14-15-16-17-20-23-32-31(37)29(25(2)35)34-30(36)28-24-26-21-18-19-22-27(26)33-28/h18-19,21-22,24-25,29,33,35H,3-17,20,23H2,1-2H3,(H,32,37)(H,34,36)/t25-,29+/m1/s1. The first-order valence-corrected chi connectivity index (χ1v) is 14.9. The van der Waals surface area contributed by atoms with Crippen molar-refractivity contribution in [1.29, 1.82) is 0 Å². The molecule has 1 aromatic heterocycles. The van der Waals surface area contributed by atoms with Gasteiger partial charge in [-0.3, -0.25) is 9.59 Å². The second-order valence-corrected chi connectivity index (χ2v) is 10.6. The first-order valence-electron chi connectivity index (χ1n) is 14.9. The molecule has 2 rings (SSSR count). The van der Waals surface area contributed by atoms with Gasteiger partial charge in [0.2, 0.25) is 5.91 Å². The summed E-state index contributed by atoms with van der Waals surface area (Å²) < 4.78 is 0. The fourth-order valence-electron chi connectivity index (χ4n) is 4.81. The molecule has 0 aliphatic rings. The number of carbonyl (C=O) groups is 2. The first kappa shape index (κ1) is 30.9. The fourth-order valence-corrected chi connectivity index (χ4v) is 4.81. The van der Waals surface area contributed by atoms with Gasteiger partial charge in [0.1, 0.15) is 11.7 Å². The zero-order chi connectivity index (χ0) is 26.7. The second kappa shape index (κ2) is 18.8. The Balaban J connectivity index is 1.48. The third-order valence-corrected chi connectivity index (χ3v) is 7.16. The van der Waals surface area contributed by atoms with Crippen molar-refractivity contribution in [2.75, 3.05) is 6.54 Å². The summed E-state index contributed by atoms with van der Waals surface area (Å²) in [7, 11) is 0. The molecule has 6 heteroatoms. The van der Waals surface area contributed by atoms with Crippen LogP contribution in [-0.4, -0.2) is 40.6 Å². The number of para-hydroxylation sites is 1. The molecule has 0 saturated heterocycles. The summed E-state index contributed by atoms with van der Waals surface area (Å²) in [6.07, 6.45) is 20.0. The topological polar surface area (TPSA) is 94.2 Å². The smallest absolute Gasteiger partial charge is 0.268 e. The van der Waals surface area contributed by atoms with Crippen molar-refractivity contribution < 1.29 is 14.7 Å². The van der Waals surface area contributed by atoms with E-state index in [1.54, 1.807) is 6.07 Å². The summed E-state index contributed by atoms with van der Waals surface area (Å²) >= 11 is 0. The van der Waals surface area contributed by atoms with Crippen molar-refractivity contribution in [3.05, 3.63) is 36.0 Å². The number of fused-ring (bicyclic) bond motifs is 1. The van der Waals surface area contributed by atoms with Gasteiger partial charge in [0.05, 0.1) is 6.10 Å². The summed E-state index contributed by atoms with van der Waals surface area (Å²) in [5, 5.41) is 16.5. The first-order chi connectivity index (χ1) is 18.0. The summed E-state index contributed by atoms with van der Waals surface area (Å²) in [4.78, 5) is 28.3. The third kappa shape index (κ3) is 12.6. The number of nitrogens with one attached hydrogen (secondary N) is 3. The predicted octanol–water partition coefficient (Wildman–Crippen LogP) is 7.02. The second-order valence-electron chi connectivity index (χ2n) is 10.6. The number of aromatic amines is 1. The zero-order valence-corrected chi connectivity index (χ0v) is 23.3. The lowest BCUT2D eigenvalue weighted by atomic mass is 10.0. The lowest BCUT2D eigenvalue weighted by Gasteiger charge is -2.20. The van der Waals surface area contributed by atoms with Gasteiger partial charge in [-0.2, -0.15) is 0 Å². The SMILES string of the molecule is CCCCCCCCCCCCCCCCCCNC(=O)[C@@H](NC(=O)c1cc2ccccc2[nH]1)[C@@H](C)O. The average molecular weight is 514 g/mol. The van der Waals surface area contributed by atoms with Crippen LogP contribution in [0.1, 0.15) is 127 Å². The van der Waals surface area contributed by atoms with Crippen LogP contribution in [0.25, 0.3) is 10.9 Å². The van der Waals surface area contributed by atoms with Crippen LogP contribution >= 0.6 is 0 Å². The molecule has 6 nitrogen and oxygen atoms in total. The van der Waals surface area contributed by atoms with E-state index in [0.29, 0.717) is 12.2 Å². The monoisotopic (exact) mass is 513 g/mol. The van der Waals surface area contributed by atoms with E-state index in [0.717, 1.165) is 23.7 Å². The maximum atomic E-state index is 12.6. The number of aliphatic hydroxyl groups is 1. The number of H-pyrrole nitrogens is 1. The summed E-state index contributed by atoms with van der Waals surface area (Å²) in [5.74, 6) is -0.750. The lowest BCUT2D eigenvalue weighted by molar-refractivity contribution is -0.125. The van der Waals surface area contributed by atoms with Crippen molar-refractivity contribution in [1.82, 2.24) is 15.6 Å². The molecule has 0 bridgehead atoms. The Morgan fingerprint density at radius 1 is 0.811 bits per heavy atom. The van der Waals surface area contributed by atoms with E-state index in [-0.39, 0.29) is 5.91 Å². The van der Waals surface area contributed by atoms with Crippen LogP contribution in [-0.2, 0) is 4.79 Å². The van der Waals surface area contributed by atoms with E-state index in [1.165, 1.54) is 96.8 Å². The maximum absolute atomic E-state index is 12.6. The van der Waals surface area contributed by atoms with Crippen molar-refractivity contribution >= 4 is 22.7 Å². The number of aliphatic hydroxyl groups excluding tert-OH is 1. The highest BCUT2D eigenvalue weighted by Crippen LogP contribution is 2.15. The van der Waals surface area contributed by atoms with Gasteiger partial charge < -0.3 is 20.7 Å². The van der Waals surface area contributed by atoms with Crippen molar-refractivity contribution in [2.24, 2.45) is 0 Å². The van der Waals surface area contributed by atoms with Crippen LogP contribution < -0.4 is 10.6 Å². The molecule has 0 aliphatic heterocycles. The van der Waals surface area contributed by atoms with Gasteiger partial charge in [-0.25, -0.2) is 0 Å². The van der Waals surface area contributed by atoms with Crippen molar-refractivity contribution in [2.45, 2.75) is 129 Å². The van der Waals surface area contributed by atoms with Crippen LogP contribution in [0.4, 0.5) is 0 Å². The number of hydrogen-bond acceptors (Lipinski definition) is 3. The largest absolute Gasteiger partial charge is 0.391 e. The summed E-state index contributed by atoms with van der Waals surface area (Å²) in [6, 6.07) is 8.37. The van der Waals surface area contributed by atoms with Crippen LogP contribution in [0.3, 0.4) is 0 Å². The molecule has 0 spiro atoms. The van der Waals surface area contributed by atoms with Gasteiger partial charge >= 0.3 is 0 Å². The number of aromatic nitrogens is 1. The number of hydrogen-bond donors (Lipinski definition) is 4. The normalized spacial score (nSPS) is 12.9. The Labute approximate surface area is 224 Å². The third-order valence-electron chi connectivity index (χ3n) is 7.16. The highest BCUT2D eigenvalue weighted by atomic mass is 16.3. The minimum atomic E-state index is -0.987. The highest BCUT2D eigenvalue weighted by Gasteiger charge is 2.26. The summed E-state index contributed by atoms with van der Waals surface area (Å²) in [6.45, 7) is 4.35. The van der Waals surface area contributed by atoms with Crippen LogP contribution in [0, 0.1) is 0 Å². The van der Waals surface area contributed by atoms with Crippen LogP contribution in [0.15, 0.2) is 30.3 Å². The predicted molar refractivity (Wildman–Crippen MR) is 154 cm³/mol. The van der Waals surface area contributed by atoms with Gasteiger partial charge in [0, 0.05) is 17.4 Å². The number of amides is 2. The molecule has 1 heterocycles. The molecule has 2 aromatic rings. The average Bonchev–Trinajstić information content (AvgIpc) is 3.33. The number of rotatable bonds is 21. The van der Waals surface area contributed by atoms with E-state index >= 15 is 0 Å². The Morgan fingerprint density at radius 3 is 1.84 bits per heavy atom. The molecule has 208 valence electrons. The molecule has 0 saturated carbocycles. The maximum Gasteiger partial charge on any atom is 0.268 e. The van der Waals surface area contributed by atoms with Crippen molar-refractivity contribution in [3.63, 3.8) is 0 Å². The molecule has 37 heavy (non-hydrogen) atoms. The van der Waals surface area contributed by atoms with Gasteiger partial charge in [0.15, 0.2) is 0 Å². The Kier molecular flexibility index (Phi) is 15.7. The minimum absolute atomic E-state index is 0.347. The lowest BCUT2D eigenvalue weighted by Crippen LogP contribution is -2.52. The Morgan fingerprint density at radius 2 is 1.32 bits per heavy atom. The Bertz CT molecular complexity index is 860. The van der Waals surface area contributed by atoms with Gasteiger partial charge in [-0.1, -0.05) is 121 Å². The van der Waals surface area contributed by atoms with Crippen LogP contribution in [0.2, 0.25) is 0 Å². The molecular weight excluding hydrogens is 462 g/mol. The zero-order valence-electron chi connectivity index (χ0n) is 23.3. The highest BCUT2D eigenvalue weighted by molar-refractivity contribution is 6.00. The molecule has 1 aromatic carbocycles. The van der Waals surface area contributed by atoms with Gasteiger partial charge in [-0.05, 0) is 25.5 Å². The van der Waals surface area contributed by atoms with Gasteiger partial charge in [0.25, 0.3) is 5.91 Å². The number of carbonyl (C=O) groups excluding carboxylic acids is 2. The molecule has 0 aliphatic carbocycles. The minimum Gasteiger partial charge on any atom is -0.391 e. The molecule has 2 amide bonds. The summed E-state index contributed by atoms with van der Waals surface area (Å²) in [5.41, 5.74) is 1.23. The molecule has 4 N–H and O–H groups in total. The van der Waals surface area contributed by atoms with E-state index in [4.69, 9.17) is 0 Å². The van der Waals surface area contributed by atoms with Crippen molar-refractivity contribution in [3.8, 4) is 0 Å².